The molecule has 13 unspecified atom stereocenters. The van der Waals surface area contributed by atoms with Gasteiger partial charge in [0.2, 0.25) is 0 Å². The topological polar surface area (TPSA) is 105 Å². The number of aliphatic hydroxyl groups is 3. The summed E-state index contributed by atoms with van der Waals surface area (Å²) in [5, 5.41) is 36.1. The van der Waals surface area contributed by atoms with Gasteiger partial charge in [0.15, 0.2) is 5.78 Å². The third-order valence-electron chi connectivity index (χ3n) is 13.8. The fourth-order valence-corrected chi connectivity index (χ4v) is 10.5. The Morgan fingerprint density at radius 3 is 2.43 bits per heavy atom. The summed E-state index contributed by atoms with van der Waals surface area (Å²) < 4.78 is 18.0. The number of hydrogen-bond donors (Lipinski definition) is 3. The fourth-order valence-electron chi connectivity index (χ4n) is 10.5. The summed E-state index contributed by atoms with van der Waals surface area (Å²) in [6.45, 7) is 16.0. The number of rotatable bonds is 11. The van der Waals surface area contributed by atoms with Crippen LogP contribution in [0.5, 0.6) is 0 Å². The largest absolute Gasteiger partial charge is 0.387 e. The molecule has 44 heavy (non-hydrogen) atoms. The third kappa shape index (κ3) is 5.68. The van der Waals surface area contributed by atoms with E-state index >= 15 is 0 Å². The molecular formula is C37H62O7. The number of fused-ring (bicyclic) bond motifs is 5. The molecule has 0 bridgehead atoms. The van der Waals surface area contributed by atoms with Gasteiger partial charge in [-0.15, -0.1) is 0 Å². The number of ether oxygens (including phenoxy) is 3. The molecule has 3 N–H and O–H groups in total. The molecule has 5 rings (SSSR count). The first-order chi connectivity index (χ1) is 20.6. The van der Waals surface area contributed by atoms with E-state index in [0.717, 1.165) is 56.9 Å². The van der Waals surface area contributed by atoms with Crippen molar-refractivity contribution in [3.63, 3.8) is 0 Å². The third-order valence-corrected chi connectivity index (χ3v) is 13.8. The highest BCUT2D eigenvalue weighted by Gasteiger charge is 2.69. The van der Waals surface area contributed by atoms with Crippen LogP contribution in [-0.2, 0) is 19.0 Å². The van der Waals surface area contributed by atoms with Gasteiger partial charge in [0.25, 0.3) is 0 Å². The summed E-state index contributed by atoms with van der Waals surface area (Å²) in [5.74, 6) is 0.948. The van der Waals surface area contributed by atoms with E-state index in [-0.39, 0.29) is 47.1 Å². The number of methoxy groups -OCH3 is 1. The summed E-state index contributed by atoms with van der Waals surface area (Å²) in [7, 11) is 1.78. The maximum atomic E-state index is 13.9. The Morgan fingerprint density at radius 1 is 1.07 bits per heavy atom. The second-order valence-electron chi connectivity index (χ2n) is 16.7. The van der Waals surface area contributed by atoms with Gasteiger partial charge in [0.1, 0.15) is 6.10 Å². The lowest BCUT2D eigenvalue weighted by atomic mass is 9.46. The monoisotopic (exact) mass is 618 g/mol. The quantitative estimate of drug-likeness (QED) is 0.266. The highest BCUT2D eigenvalue weighted by molar-refractivity contribution is 5.95. The zero-order valence-corrected chi connectivity index (χ0v) is 28.8. The van der Waals surface area contributed by atoms with Crippen LogP contribution in [0.15, 0.2) is 11.6 Å². The van der Waals surface area contributed by atoms with E-state index in [9.17, 15) is 20.1 Å². The highest BCUT2D eigenvalue weighted by atomic mass is 16.5. The first-order valence-electron chi connectivity index (χ1n) is 17.7. The van der Waals surface area contributed by atoms with Crippen molar-refractivity contribution in [3.05, 3.63) is 11.6 Å². The SMILES string of the molecule is COC(CCOC1CCC2(C)C(C1)C(=O)C=C1C2CCC2(C)C(C(C)(O)C(O)C3OCC(C)C3C)CCC12O)CCC(C)C. The van der Waals surface area contributed by atoms with E-state index in [1.165, 1.54) is 0 Å². The second-order valence-corrected chi connectivity index (χ2v) is 16.7. The lowest BCUT2D eigenvalue weighted by Gasteiger charge is -2.60. The summed E-state index contributed by atoms with van der Waals surface area (Å²) in [6.07, 6.45) is 8.93. The van der Waals surface area contributed by atoms with Gasteiger partial charge in [-0.2, -0.15) is 0 Å². The normalized spacial score (nSPS) is 44.9. The van der Waals surface area contributed by atoms with Gasteiger partial charge in [-0.1, -0.05) is 41.5 Å². The maximum Gasteiger partial charge on any atom is 0.159 e. The van der Waals surface area contributed by atoms with E-state index in [1.54, 1.807) is 20.1 Å². The molecule has 4 aliphatic carbocycles. The average Bonchev–Trinajstić information content (AvgIpc) is 3.45. The van der Waals surface area contributed by atoms with E-state index < -0.39 is 28.8 Å². The van der Waals surface area contributed by atoms with Crippen LogP contribution in [0.3, 0.4) is 0 Å². The lowest BCUT2D eigenvalue weighted by molar-refractivity contribution is -0.193. The Morgan fingerprint density at radius 2 is 1.80 bits per heavy atom. The summed E-state index contributed by atoms with van der Waals surface area (Å²) >= 11 is 0. The number of carbonyl (C=O) groups is 1. The van der Waals surface area contributed by atoms with Crippen LogP contribution in [0.1, 0.15) is 113 Å². The fraction of sp³-hybridized carbons (Fsp3) is 0.919. The summed E-state index contributed by atoms with van der Waals surface area (Å²) in [5.41, 5.74) is -2.58. The predicted octanol–water partition coefficient (Wildman–Crippen LogP) is 5.87. The van der Waals surface area contributed by atoms with Crippen LogP contribution in [-0.4, -0.2) is 77.0 Å². The Kier molecular flexibility index (Phi) is 9.92. The lowest BCUT2D eigenvalue weighted by Crippen LogP contribution is -2.63. The number of aliphatic hydroxyl groups excluding tert-OH is 1. The van der Waals surface area contributed by atoms with Crippen molar-refractivity contribution in [2.45, 2.75) is 148 Å². The minimum absolute atomic E-state index is 0.0712. The first kappa shape index (κ1) is 34.5. The number of hydrogen-bond acceptors (Lipinski definition) is 7. The Labute approximate surface area is 266 Å². The molecule has 3 saturated carbocycles. The summed E-state index contributed by atoms with van der Waals surface area (Å²) in [4.78, 5) is 13.9. The van der Waals surface area contributed by atoms with E-state index in [4.69, 9.17) is 14.2 Å². The van der Waals surface area contributed by atoms with Crippen molar-refractivity contribution < 1.29 is 34.3 Å². The molecule has 0 aromatic carbocycles. The molecule has 5 aliphatic rings. The predicted molar refractivity (Wildman–Crippen MR) is 171 cm³/mol. The smallest absolute Gasteiger partial charge is 0.159 e. The van der Waals surface area contributed by atoms with Crippen molar-refractivity contribution >= 4 is 5.78 Å². The Hall–Kier alpha value is -0.830. The van der Waals surface area contributed by atoms with Gasteiger partial charge in [-0.25, -0.2) is 0 Å². The molecule has 1 heterocycles. The van der Waals surface area contributed by atoms with Gasteiger partial charge in [-0.05, 0) is 118 Å². The van der Waals surface area contributed by atoms with E-state index in [1.807, 2.05) is 0 Å². The minimum Gasteiger partial charge on any atom is -0.387 e. The van der Waals surface area contributed by atoms with Crippen molar-refractivity contribution in [1.29, 1.82) is 0 Å². The van der Waals surface area contributed by atoms with Gasteiger partial charge in [-0.3, -0.25) is 4.79 Å². The summed E-state index contributed by atoms with van der Waals surface area (Å²) in [6, 6.07) is 0. The zero-order chi connectivity index (χ0) is 32.2. The van der Waals surface area contributed by atoms with Crippen LogP contribution in [0, 0.1) is 46.3 Å². The van der Waals surface area contributed by atoms with Crippen LogP contribution in [0.25, 0.3) is 0 Å². The van der Waals surface area contributed by atoms with Crippen molar-refractivity contribution in [2.24, 2.45) is 46.3 Å². The Balaban J connectivity index is 1.29. The van der Waals surface area contributed by atoms with Crippen molar-refractivity contribution in [3.8, 4) is 0 Å². The Bertz CT molecular complexity index is 1070. The van der Waals surface area contributed by atoms with Crippen LogP contribution < -0.4 is 0 Å². The van der Waals surface area contributed by atoms with Gasteiger partial charge in [0, 0.05) is 31.7 Å². The zero-order valence-electron chi connectivity index (χ0n) is 28.8. The second kappa shape index (κ2) is 12.6. The first-order valence-corrected chi connectivity index (χ1v) is 17.7. The van der Waals surface area contributed by atoms with Crippen LogP contribution in [0.4, 0.5) is 0 Å². The van der Waals surface area contributed by atoms with Crippen molar-refractivity contribution in [2.75, 3.05) is 20.3 Å². The molecular weight excluding hydrogens is 556 g/mol. The van der Waals surface area contributed by atoms with Crippen LogP contribution >= 0.6 is 0 Å². The molecule has 0 aromatic heterocycles. The molecule has 4 fully saturated rings. The van der Waals surface area contributed by atoms with Gasteiger partial charge in [0.05, 0.1) is 29.5 Å². The molecule has 0 spiro atoms. The number of ketones is 1. The minimum atomic E-state index is -1.42. The highest BCUT2D eigenvalue weighted by Crippen LogP contribution is 2.68. The van der Waals surface area contributed by atoms with E-state index in [2.05, 4.69) is 41.5 Å². The molecule has 1 aliphatic heterocycles. The number of allylic oxidation sites excluding steroid dienone is 1. The van der Waals surface area contributed by atoms with Gasteiger partial charge >= 0.3 is 0 Å². The van der Waals surface area contributed by atoms with E-state index in [0.29, 0.717) is 37.9 Å². The van der Waals surface area contributed by atoms with Gasteiger partial charge < -0.3 is 29.5 Å². The average molecular weight is 619 g/mol. The number of carbonyl (C=O) groups excluding carboxylic acids is 1. The van der Waals surface area contributed by atoms with Crippen molar-refractivity contribution in [1.82, 2.24) is 0 Å². The van der Waals surface area contributed by atoms with Crippen LogP contribution in [0.2, 0.25) is 0 Å². The maximum absolute atomic E-state index is 13.9. The molecule has 13 atom stereocenters. The molecule has 0 amide bonds. The standard InChI is InChI=1S/C37H62O7/c1-22(2)9-10-25(42-8)14-18-43-26-11-15-34(5)27-12-16-35(6)31(36(7,40)33(39)32-24(4)23(3)21-44-32)13-17-37(35,41)28(27)20-30(38)29(34)19-26/h20,22-27,29,31-33,39-41H,9-19,21H2,1-8H3. The molecule has 7 nitrogen and oxygen atoms in total. The molecule has 7 heteroatoms. The molecule has 0 aromatic rings. The molecule has 252 valence electrons. The molecule has 0 radical (unpaired) electrons. The molecule has 1 saturated heterocycles.